The predicted molar refractivity (Wildman–Crippen MR) is 98.0 cm³/mol. The van der Waals surface area contributed by atoms with Crippen LogP contribution in [0.5, 0.6) is 0 Å². The second kappa shape index (κ2) is 6.14. The Balaban J connectivity index is 1.53. The molecule has 1 aliphatic rings. The molecule has 1 aromatic carbocycles. The lowest BCUT2D eigenvalue weighted by Gasteiger charge is -2.01. The highest BCUT2D eigenvalue weighted by atomic mass is 32.1. The summed E-state index contributed by atoms with van der Waals surface area (Å²) in [6, 6.07) is 5.85. The molecule has 3 aromatic rings. The number of carbonyl (C=O) groups is 1. The molecule has 4 rings (SSSR count). The van der Waals surface area contributed by atoms with Crippen LogP contribution < -0.4 is 10.6 Å². The maximum Gasteiger partial charge on any atom is 0.276 e. The highest BCUT2D eigenvalue weighted by Crippen LogP contribution is 2.18. The Kier molecular flexibility index (Phi) is 3.81. The highest BCUT2D eigenvalue weighted by molar-refractivity contribution is 7.09. The lowest BCUT2D eigenvalue weighted by molar-refractivity contribution is -0.115. The van der Waals surface area contributed by atoms with Crippen LogP contribution in [0.2, 0.25) is 0 Å². The second-order valence-corrected chi connectivity index (χ2v) is 6.73. The number of aromatic nitrogens is 3. The molecule has 0 saturated heterocycles. The summed E-state index contributed by atoms with van der Waals surface area (Å²) >= 11 is 1.58. The van der Waals surface area contributed by atoms with Crippen LogP contribution in [0.1, 0.15) is 16.3 Å². The average Bonchev–Trinajstić information content (AvgIpc) is 3.27. The van der Waals surface area contributed by atoms with E-state index in [1.807, 2.05) is 42.1 Å². The number of hydrogen-bond acceptors (Lipinski definition) is 6. The van der Waals surface area contributed by atoms with Gasteiger partial charge >= 0.3 is 0 Å². The quantitative estimate of drug-likeness (QED) is 0.706. The Labute approximate surface area is 148 Å². The summed E-state index contributed by atoms with van der Waals surface area (Å²) in [6.45, 7) is 2.49. The van der Waals surface area contributed by atoms with Crippen molar-refractivity contribution in [1.29, 1.82) is 0 Å². The fourth-order valence-electron chi connectivity index (χ4n) is 2.59. The van der Waals surface area contributed by atoms with E-state index in [2.05, 4.69) is 25.6 Å². The number of guanidine groups is 1. The van der Waals surface area contributed by atoms with E-state index in [0.29, 0.717) is 18.2 Å². The van der Waals surface area contributed by atoms with Gasteiger partial charge in [-0.15, -0.1) is 11.3 Å². The fraction of sp³-hybridized carbons (Fsp3) is 0.176. The van der Waals surface area contributed by atoms with Crippen LogP contribution in [0.3, 0.4) is 0 Å². The third kappa shape index (κ3) is 3.16. The first-order chi connectivity index (χ1) is 12.1. The van der Waals surface area contributed by atoms with Gasteiger partial charge in [-0.3, -0.25) is 10.1 Å². The van der Waals surface area contributed by atoms with E-state index in [1.54, 1.807) is 23.7 Å². The second-order valence-electron chi connectivity index (χ2n) is 5.78. The molecule has 0 radical (unpaired) electrons. The van der Waals surface area contributed by atoms with Gasteiger partial charge in [-0.05, 0) is 30.7 Å². The molecule has 126 valence electrons. The molecule has 3 heterocycles. The van der Waals surface area contributed by atoms with Crippen molar-refractivity contribution in [1.82, 2.24) is 25.2 Å². The molecule has 0 unspecified atom stereocenters. The monoisotopic (exact) mass is 352 g/mol. The number of fused-ring (bicyclic) bond motifs is 1. The largest absolute Gasteiger partial charge is 0.349 e. The van der Waals surface area contributed by atoms with Crippen molar-refractivity contribution in [2.75, 3.05) is 0 Å². The SMILES string of the molecule is Cc1csc(CNC2=N/C(=C\c3ccc4ncn(C)c4c3)C(=O)N2)n1. The summed E-state index contributed by atoms with van der Waals surface area (Å²) in [6.07, 6.45) is 3.54. The molecule has 2 aromatic heterocycles. The number of amides is 1. The molecule has 1 aliphatic heterocycles. The van der Waals surface area contributed by atoms with Gasteiger partial charge in [0.15, 0.2) is 0 Å². The first-order valence-electron chi connectivity index (χ1n) is 7.76. The van der Waals surface area contributed by atoms with Crippen molar-refractivity contribution in [3.05, 3.63) is 51.9 Å². The molecular weight excluding hydrogens is 336 g/mol. The van der Waals surface area contributed by atoms with Gasteiger partial charge in [0.2, 0.25) is 5.96 Å². The molecule has 0 saturated carbocycles. The molecule has 7 nitrogen and oxygen atoms in total. The summed E-state index contributed by atoms with van der Waals surface area (Å²) in [5.74, 6) is 0.230. The standard InChI is InChI=1S/C17H16N6OS/c1-10-8-25-15(20-10)7-18-17-21-13(16(24)22-17)5-11-3-4-12-14(6-11)23(2)9-19-12/h3-6,8-9H,7H2,1-2H3,(H2,18,21,22,24)/b13-5-. The first kappa shape index (κ1) is 15.5. The Morgan fingerprint density at radius 1 is 1.40 bits per heavy atom. The molecule has 2 N–H and O–H groups in total. The molecule has 0 atom stereocenters. The van der Waals surface area contributed by atoms with Crippen molar-refractivity contribution in [3.63, 3.8) is 0 Å². The van der Waals surface area contributed by atoms with E-state index in [1.165, 1.54) is 0 Å². The summed E-state index contributed by atoms with van der Waals surface area (Å²) < 4.78 is 1.94. The van der Waals surface area contributed by atoms with Crippen LogP contribution in [-0.4, -0.2) is 26.4 Å². The Hall–Kier alpha value is -3.00. The van der Waals surface area contributed by atoms with Gasteiger partial charge in [0.1, 0.15) is 10.7 Å². The topological polar surface area (TPSA) is 84.2 Å². The van der Waals surface area contributed by atoms with Crippen LogP contribution in [-0.2, 0) is 18.4 Å². The van der Waals surface area contributed by atoms with E-state index in [9.17, 15) is 4.79 Å². The van der Waals surface area contributed by atoms with E-state index in [0.717, 1.165) is 27.3 Å². The highest BCUT2D eigenvalue weighted by Gasteiger charge is 2.20. The van der Waals surface area contributed by atoms with Crippen LogP contribution in [0.4, 0.5) is 0 Å². The number of aryl methyl sites for hydroxylation is 2. The van der Waals surface area contributed by atoms with Crippen molar-refractivity contribution in [3.8, 4) is 0 Å². The summed E-state index contributed by atoms with van der Waals surface area (Å²) in [5, 5.41) is 8.78. The minimum absolute atomic E-state index is 0.220. The number of rotatable bonds is 3. The number of aliphatic imine (C=N–C) groups is 1. The van der Waals surface area contributed by atoms with Gasteiger partial charge in [0.25, 0.3) is 5.91 Å². The lowest BCUT2D eigenvalue weighted by atomic mass is 10.1. The Morgan fingerprint density at radius 2 is 2.28 bits per heavy atom. The smallest absolute Gasteiger partial charge is 0.276 e. The maximum atomic E-state index is 12.1. The number of benzene rings is 1. The number of nitrogens with one attached hydrogen (secondary N) is 2. The number of carbonyl (C=O) groups excluding carboxylic acids is 1. The molecular formula is C17H16N6OS. The minimum atomic E-state index is -0.220. The molecule has 0 spiro atoms. The van der Waals surface area contributed by atoms with E-state index < -0.39 is 0 Å². The maximum absolute atomic E-state index is 12.1. The van der Waals surface area contributed by atoms with Crippen molar-refractivity contribution >= 4 is 40.3 Å². The number of imidazole rings is 1. The van der Waals surface area contributed by atoms with Crippen molar-refractivity contribution in [2.24, 2.45) is 12.0 Å². The molecule has 25 heavy (non-hydrogen) atoms. The number of nitrogens with zero attached hydrogens (tertiary/aromatic N) is 4. The molecule has 1 amide bonds. The first-order valence-corrected chi connectivity index (χ1v) is 8.64. The van der Waals surface area contributed by atoms with Crippen molar-refractivity contribution in [2.45, 2.75) is 13.5 Å². The summed E-state index contributed by atoms with van der Waals surface area (Å²) in [7, 11) is 1.94. The fourth-order valence-corrected chi connectivity index (χ4v) is 3.30. The normalized spacial score (nSPS) is 15.7. The van der Waals surface area contributed by atoms with Gasteiger partial charge < -0.3 is 9.88 Å². The molecule has 0 bridgehead atoms. The lowest BCUT2D eigenvalue weighted by Crippen LogP contribution is -2.35. The van der Waals surface area contributed by atoms with E-state index in [4.69, 9.17) is 0 Å². The minimum Gasteiger partial charge on any atom is -0.349 e. The summed E-state index contributed by atoms with van der Waals surface area (Å²) in [4.78, 5) is 25.1. The zero-order valence-electron chi connectivity index (χ0n) is 13.8. The average molecular weight is 352 g/mol. The predicted octanol–water partition coefficient (Wildman–Crippen LogP) is 1.95. The van der Waals surface area contributed by atoms with Gasteiger partial charge in [-0.25, -0.2) is 15.0 Å². The van der Waals surface area contributed by atoms with Crippen LogP contribution in [0, 0.1) is 6.92 Å². The Bertz CT molecular complexity index is 1030. The van der Waals surface area contributed by atoms with Gasteiger partial charge in [0.05, 0.1) is 23.9 Å². The zero-order valence-corrected chi connectivity index (χ0v) is 14.6. The molecule has 0 aliphatic carbocycles. The molecule has 0 fully saturated rings. The van der Waals surface area contributed by atoms with Gasteiger partial charge in [-0.2, -0.15) is 0 Å². The van der Waals surface area contributed by atoms with Crippen LogP contribution in [0.25, 0.3) is 17.1 Å². The molecule has 8 heteroatoms. The Morgan fingerprint density at radius 3 is 3.08 bits per heavy atom. The zero-order chi connectivity index (χ0) is 17.4. The van der Waals surface area contributed by atoms with Crippen molar-refractivity contribution < 1.29 is 4.79 Å². The third-order valence-corrected chi connectivity index (χ3v) is 4.79. The number of hydrogen-bond donors (Lipinski definition) is 2. The number of thiazole rings is 1. The van der Waals surface area contributed by atoms with E-state index >= 15 is 0 Å². The van der Waals surface area contributed by atoms with Gasteiger partial charge in [0, 0.05) is 18.1 Å². The van der Waals surface area contributed by atoms with E-state index in [-0.39, 0.29) is 5.91 Å². The third-order valence-electron chi connectivity index (χ3n) is 3.82. The van der Waals surface area contributed by atoms with Crippen LogP contribution >= 0.6 is 11.3 Å². The van der Waals surface area contributed by atoms with Gasteiger partial charge in [-0.1, -0.05) is 6.07 Å². The van der Waals surface area contributed by atoms with Crippen LogP contribution in [0.15, 0.2) is 40.6 Å². The summed E-state index contributed by atoms with van der Waals surface area (Å²) in [5.41, 5.74) is 4.20.